The first-order chi connectivity index (χ1) is 7.66. The van der Waals surface area contributed by atoms with E-state index in [2.05, 4.69) is 10.4 Å². The van der Waals surface area contributed by atoms with Crippen LogP contribution < -0.4 is 5.32 Å². The van der Waals surface area contributed by atoms with E-state index in [-0.39, 0.29) is 5.75 Å². The standard InChI is InChI=1S/C11H12ClN3O/c1-15-9(4-5-14-15)7-13-8-2-3-11(16)10(12)6-8/h2-6,13,16H,7H2,1H3. The molecule has 0 unspecified atom stereocenters. The zero-order chi connectivity index (χ0) is 11.5. The molecule has 0 saturated carbocycles. The van der Waals surface area contributed by atoms with Crippen LogP contribution in [0.5, 0.6) is 5.75 Å². The molecule has 1 aromatic carbocycles. The molecule has 4 nitrogen and oxygen atoms in total. The number of aromatic nitrogens is 2. The number of halogens is 1. The number of benzene rings is 1. The maximum absolute atomic E-state index is 9.27. The summed E-state index contributed by atoms with van der Waals surface area (Å²) in [6.07, 6.45) is 1.75. The van der Waals surface area contributed by atoms with Gasteiger partial charge in [-0.3, -0.25) is 4.68 Å². The highest BCUT2D eigenvalue weighted by Gasteiger charge is 2.01. The van der Waals surface area contributed by atoms with Gasteiger partial charge in [-0.25, -0.2) is 0 Å². The first kappa shape index (κ1) is 10.8. The van der Waals surface area contributed by atoms with Crippen LogP contribution in [0, 0.1) is 0 Å². The summed E-state index contributed by atoms with van der Waals surface area (Å²) in [4.78, 5) is 0. The molecule has 0 bridgehead atoms. The summed E-state index contributed by atoms with van der Waals surface area (Å²) < 4.78 is 1.80. The number of nitrogens with zero attached hydrogens (tertiary/aromatic N) is 2. The van der Waals surface area contributed by atoms with Crippen LogP contribution in [0.3, 0.4) is 0 Å². The van der Waals surface area contributed by atoms with E-state index in [9.17, 15) is 5.11 Å². The third kappa shape index (κ3) is 2.28. The van der Waals surface area contributed by atoms with Crippen molar-refractivity contribution in [3.05, 3.63) is 41.2 Å². The molecule has 0 amide bonds. The van der Waals surface area contributed by atoms with Crippen molar-refractivity contribution < 1.29 is 5.11 Å². The molecular formula is C11H12ClN3O. The Hall–Kier alpha value is -1.68. The van der Waals surface area contributed by atoms with Crippen molar-refractivity contribution in [2.45, 2.75) is 6.54 Å². The number of anilines is 1. The molecule has 0 spiro atoms. The molecule has 84 valence electrons. The van der Waals surface area contributed by atoms with E-state index in [1.54, 1.807) is 29.1 Å². The Morgan fingerprint density at radius 2 is 2.25 bits per heavy atom. The largest absolute Gasteiger partial charge is 0.506 e. The Labute approximate surface area is 98.5 Å². The minimum Gasteiger partial charge on any atom is -0.506 e. The summed E-state index contributed by atoms with van der Waals surface area (Å²) in [5.41, 5.74) is 1.94. The minimum atomic E-state index is 0.0905. The Morgan fingerprint density at radius 1 is 1.44 bits per heavy atom. The first-order valence-corrected chi connectivity index (χ1v) is 5.24. The molecule has 0 fully saturated rings. The predicted molar refractivity (Wildman–Crippen MR) is 63.7 cm³/mol. The zero-order valence-corrected chi connectivity index (χ0v) is 9.57. The van der Waals surface area contributed by atoms with E-state index >= 15 is 0 Å². The summed E-state index contributed by atoms with van der Waals surface area (Å²) in [7, 11) is 1.89. The quantitative estimate of drug-likeness (QED) is 0.806. The zero-order valence-electron chi connectivity index (χ0n) is 8.81. The second-order valence-corrected chi connectivity index (χ2v) is 3.87. The van der Waals surface area contributed by atoms with Crippen LogP contribution in [-0.2, 0) is 13.6 Å². The SMILES string of the molecule is Cn1nccc1CNc1ccc(O)c(Cl)c1. The van der Waals surface area contributed by atoms with Gasteiger partial charge in [0.15, 0.2) is 0 Å². The lowest BCUT2D eigenvalue weighted by Gasteiger charge is -2.07. The monoisotopic (exact) mass is 237 g/mol. The Balaban J connectivity index is 2.05. The van der Waals surface area contributed by atoms with Crippen LogP contribution >= 0.6 is 11.6 Å². The molecule has 5 heteroatoms. The van der Waals surface area contributed by atoms with Gasteiger partial charge in [0, 0.05) is 18.9 Å². The number of rotatable bonds is 3. The summed E-state index contributed by atoms with van der Waals surface area (Å²) >= 11 is 5.80. The highest BCUT2D eigenvalue weighted by molar-refractivity contribution is 6.32. The third-order valence-corrected chi connectivity index (χ3v) is 2.65. The Bertz CT molecular complexity index is 496. The smallest absolute Gasteiger partial charge is 0.134 e. The fourth-order valence-electron chi connectivity index (χ4n) is 1.38. The normalized spacial score (nSPS) is 10.4. The first-order valence-electron chi connectivity index (χ1n) is 4.86. The molecule has 0 aliphatic carbocycles. The van der Waals surface area contributed by atoms with Crippen LogP contribution in [0.2, 0.25) is 5.02 Å². The van der Waals surface area contributed by atoms with Gasteiger partial charge in [-0.2, -0.15) is 5.10 Å². The average molecular weight is 238 g/mol. The van der Waals surface area contributed by atoms with E-state index < -0.39 is 0 Å². The number of hydrogen-bond acceptors (Lipinski definition) is 3. The summed E-state index contributed by atoms with van der Waals surface area (Å²) in [6, 6.07) is 6.97. The van der Waals surface area contributed by atoms with Gasteiger partial charge in [0.25, 0.3) is 0 Å². The van der Waals surface area contributed by atoms with Gasteiger partial charge in [0.1, 0.15) is 5.75 Å². The van der Waals surface area contributed by atoms with Gasteiger partial charge >= 0.3 is 0 Å². The molecule has 2 aromatic rings. The number of aromatic hydroxyl groups is 1. The topological polar surface area (TPSA) is 50.1 Å². The second kappa shape index (κ2) is 4.45. The minimum absolute atomic E-state index is 0.0905. The molecule has 1 heterocycles. The number of phenols is 1. The predicted octanol–water partition coefficient (Wildman–Crippen LogP) is 2.39. The lowest BCUT2D eigenvalue weighted by atomic mass is 10.3. The number of aryl methyl sites for hydroxylation is 1. The van der Waals surface area contributed by atoms with Crippen molar-refractivity contribution in [2.75, 3.05) is 5.32 Å². The summed E-state index contributed by atoms with van der Waals surface area (Å²) in [6.45, 7) is 0.664. The van der Waals surface area contributed by atoms with E-state index in [0.717, 1.165) is 11.4 Å². The molecule has 0 aliphatic rings. The van der Waals surface area contributed by atoms with Gasteiger partial charge in [0.2, 0.25) is 0 Å². The van der Waals surface area contributed by atoms with Crippen molar-refractivity contribution in [3.63, 3.8) is 0 Å². The average Bonchev–Trinajstić information content (AvgIpc) is 2.66. The highest BCUT2D eigenvalue weighted by atomic mass is 35.5. The highest BCUT2D eigenvalue weighted by Crippen LogP contribution is 2.26. The van der Waals surface area contributed by atoms with Crippen LogP contribution in [0.25, 0.3) is 0 Å². The van der Waals surface area contributed by atoms with Gasteiger partial charge < -0.3 is 10.4 Å². The fraction of sp³-hybridized carbons (Fsp3) is 0.182. The van der Waals surface area contributed by atoms with Crippen LogP contribution in [0.4, 0.5) is 5.69 Å². The van der Waals surface area contributed by atoms with Gasteiger partial charge in [0.05, 0.1) is 17.3 Å². The molecule has 16 heavy (non-hydrogen) atoms. The maximum atomic E-state index is 9.27. The van der Waals surface area contributed by atoms with E-state index in [4.69, 9.17) is 11.6 Å². The van der Waals surface area contributed by atoms with Crippen LogP contribution in [0.1, 0.15) is 5.69 Å². The number of phenolic OH excluding ortho intramolecular Hbond substituents is 1. The molecule has 0 aliphatic heterocycles. The number of nitrogens with one attached hydrogen (secondary N) is 1. The molecule has 2 N–H and O–H groups in total. The van der Waals surface area contributed by atoms with Crippen molar-refractivity contribution in [2.24, 2.45) is 7.05 Å². The number of hydrogen-bond donors (Lipinski definition) is 2. The van der Waals surface area contributed by atoms with Gasteiger partial charge in [-0.05, 0) is 24.3 Å². The van der Waals surface area contributed by atoms with E-state index in [1.165, 1.54) is 0 Å². The third-order valence-electron chi connectivity index (χ3n) is 2.34. The molecular weight excluding hydrogens is 226 g/mol. The molecule has 0 radical (unpaired) electrons. The van der Waals surface area contributed by atoms with Crippen molar-refractivity contribution in [1.29, 1.82) is 0 Å². The second-order valence-electron chi connectivity index (χ2n) is 3.47. The summed E-state index contributed by atoms with van der Waals surface area (Å²) in [5.74, 6) is 0.0905. The van der Waals surface area contributed by atoms with Crippen molar-refractivity contribution >= 4 is 17.3 Å². The molecule has 0 saturated heterocycles. The fourth-order valence-corrected chi connectivity index (χ4v) is 1.56. The maximum Gasteiger partial charge on any atom is 0.134 e. The van der Waals surface area contributed by atoms with Gasteiger partial charge in [-0.15, -0.1) is 0 Å². The van der Waals surface area contributed by atoms with Crippen molar-refractivity contribution in [3.8, 4) is 5.75 Å². The van der Waals surface area contributed by atoms with Crippen LogP contribution in [0.15, 0.2) is 30.5 Å². The van der Waals surface area contributed by atoms with Crippen molar-refractivity contribution in [1.82, 2.24) is 9.78 Å². The van der Waals surface area contributed by atoms with E-state index in [1.807, 2.05) is 13.1 Å². The summed E-state index contributed by atoms with van der Waals surface area (Å²) in [5, 5.41) is 16.9. The van der Waals surface area contributed by atoms with Gasteiger partial charge in [-0.1, -0.05) is 11.6 Å². The lowest BCUT2D eigenvalue weighted by Crippen LogP contribution is -2.05. The molecule has 0 atom stereocenters. The molecule has 1 aromatic heterocycles. The Morgan fingerprint density at radius 3 is 2.88 bits per heavy atom. The van der Waals surface area contributed by atoms with E-state index in [0.29, 0.717) is 11.6 Å². The van der Waals surface area contributed by atoms with Crippen LogP contribution in [-0.4, -0.2) is 14.9 Å². The lowest BCUT2D eigenvalue weighted by molar-refractivity contribution is 0.475. The molecule has 2 rings (SSSR count). The Kier molecular flexibility index (Phi) is 3.01.